The zero-order valence-corrected chi connectivity index (χ0v) is 20.6. The summed E-state index contributed by atoms with van der Waals surface area (Å²) in [4.78, 5) is 24.1. The molecular formula is C20H19Cl4N3O4S. The molecule has 3 N–H and O–H groups in total. The average Bonchev–Trinajstić information content (AvgIpc) is 2.72. The highest BCUT2D eigenvalue weighted by Crippen LogP contribution is 2.28. The van der Waals surface area contributed by atoms with Crippen molar-refractivity contribution in [2.45, 2.75) is 25.9 Å². The fourth-order valence-electron chi connectivity index (χ4n) is 2.26. The molecule has 0 aromatic heterocycles. The second-order valence-corrected chi connectivity index (χ2v) is 8.45. The minimum atomic E-state index is -0.892. The third-order valence-corrected chi connectivity index (χ3v) is 5.08. The molecule has 0 bridgehead atoms. The van der Waals surface area contributed by atoms with Gasteiger partial charge in [0.25, 0.3) is 5.91 Å². The van der Waals surface area contributed by atoms with Crippen molar-refractivity contribution in [1.29, 1.82) is 0 Å². The molecule has 0 aliphatic heterocycles. The number of nitrogens with one attached hydrogen (secondary N) is 3. The summed E-state index contributed by atoms with van der Waals surface area (Å²) in [5.74, 6) is -0.0926. The van der Waals surface area contributed by atoms with E-state index >= 15 is 0 Å². The van der Waals surface area contributed by atoms with Crippen LogP contribution in [0.5, 0.6) is 11.5 Å². The maximum atomic E-state index is 12.1. The van der Waals surface area contributed by atoms with Gasteiger partial charge in [-0.15, -0.1) is 0 Å². The molecule has 7 nitrogen and oxygen atoms in total. The van der Waals surface area contributed by atoms with Crippen LogP contribution in [0.1, 0.15) is 19.8 Å². The Morgan fingerprint density at radius 2 is 1.56 bits per heavy atom. The van der Waals surface area contributed by atoms with Crippen molar-refractivity contribution < 1.29 is 19.1 Å². The van der Waals surface area contributed by atoms with Crippen LogP contribution in [0.25, 0.3) is 0 Å². The van der Waals surface area contributed by atoms with Gasteiger partial charge in [-0.3, -0.25) is 20.4 Å². The number of ether oxygens (including phenoxy) is 2. The van der Waals surface area contributed by atoms with Crippen molar-refractivity contribution >= 4 is 75.5 Å². The SMILES string of the molecule is CC(Oc1ccc(Cl)cc1Cl)C(=O)NNC(=S)NC(=O)CCCOc1ccc(Cl)cc1Cl. The molecule has 2 amide bonds. The van der Waals surface area contributed by atoms with Crippen molar-refractivity contribution in [2.75, 3.05) is 6.61 Å². The molecule has 1 unspecified atom stereocenters. The Bertz CT molecular complexity index is 993. The van der Waals surface area contributed by atoms with E-state index in [0.29, 0.717) is 33.0 Å². The van der Waals surface area contributed by atoms with E-state index in [4.69, 9.17) is 68.1 Å². The van der Waals surface area contributed by atoms with Gasteiger partial charge >= 0.3 is 0 Å². The van der Waals surface area contributed by atoms with Crippen molar-refractivity contribution in [1.82, 2.24) is 16.2 Å². The van der Waals surface area contributed by atoms with Crippen molar-refractivity contribution in [3.05, 3.63) is 56.5 Å². The lowest BCUT2D eigenvalue weighted by molar-refractivity contribution is -0.128. The van der Waals surface area contributed by atoms with Crippen LogP contribution in [0.2, 0.25) is 20.1 Å². The summed E-state index contributed by atoms with van der Waals surface area (Å²) in [6, 6.07) is 9.52. The van der Waals surface area contributed by atoms with Gasteiger partial charge in [0.1, 0.15) is 11.5 Å². The van der Waals surface area contributed by atoms with E-state index in [2.05, 4.69) is 16.2 Å². The Labute approximate surface area is 210 Å². The van der Waals surface area contributed by atoms with Crippen molar-refractivity contribution in [2.24, 2.45) is 0 Å². The zero-order chi connectivity index (χ0) is 23.7. The summed E-state index contributed by atoms with van der Waals surface area (Å²) in [6.45, 7) is 1.80. The van der Waals surface area contributed by atoms with E-state index < -0.39 is 12.0 Å². The molecule has 0 saturated carbocycles. The number of rotatable bonds is 8. The van der Waals surface area contributed by atoms with Crippen LogP contribution >= 0.6 is 58.6 Å². The Morgan fingerprint density at radius 3 is 2.16 bits per heavy atom. The molecule has 12 heteroatoms. The van der Waals surface area contributed by atoms with Gasteiger partial charge in [-0.1, -0.05) is 46.4 Å². The van der Waals surface area contributed by atoms with Gasteiger partial charge in [-0.2, -0.15) is 0 Å². The Morgan fingerprint density at radius 1 is 0.969 bits per heavy atom. The zero-order valence-electron chi connectivity index (χ0n) is 16.7. The summed E-state index contributed by atoms with van der Waals surface area (Å²) in [6.07, 6.45) is -0.321. The predicted molar refractivity (Wildman–Crippen MR) is 130 cm³/mol. The van der Waals surface area contributed by atoms with Gasteiger partial charge in [0.15, 0.2) is 11.2 Å². The Hall–Kier alpha value is -1.97. The highest BCUT2D eigenvalue weighted by atomic mass is 35.5. The molecule has 0 radical (unpaired) electrons. The lowest BCUT2D eigenvalue weighted by Crippen LogP contribution is -2.51. The topological polar surface area (TPSA) is 88.7 Å². The highest BCUT2D eigenvalue weighted by Gasteiger charge is 2.17. The first-order valence-corrected chi connectivity index (χ1v) is 11.2. The number of hydrogen-bond donors (Lipinski definition) is 3. The van der Waals surface area contributed by atoms with E-state index in [-0.39, 0.29) is 29.1 Å². The standard InChI is InChI=1S/C20H19Cl4N3O4S/c1-11(31-17-7-5-13(22)10-15(17)24)19(29)26-27-20(32)25-18(28)3-2-8-30-16-6-4-12(21)9-14(16)23/h4-7,9-11H,2-3,8H2,1H3,(H,26,29)(H2,25,27,28,32). The summed E-state index contributed by atoms with van der Waals surface area (Å²) in [7, 11) is 0. The molecule has 2 rings (SSSR count). The maximum absolute atomic E-state index is 12.1. The minimum absolute atomic E-state index is 0.0678. The lowest BCUT2D eigenvalue weighted by atomic mass is 10.3. The molecule has 0 fully saturated rings. The van der Waals surface area contributed by atoms with E-state index in [9.17, 15) is 9.59 Å². The first kappa shape index (κ1) is 26.3. The molecule has 2 aromatic carbocycles. The molecule has 172 valence electrons. The Balaban J connectivity index is 1.65. The van der Waals surface area contributed by atoms with Gasteiger partial charge in [0.05, 0.1) is 16.7 Å². The fourth-order valence-corrected chi connectivity index (χ4v) is 3.34. The van der Waals surface area contributed by atoms with Gasteiger partial charge in [-0.05, 0) is 62.0 Å². The second-order valence-electron chi connectivity index (χ2n) is 6.35. The highest BCUT2D eigenvalue weighted by molar-refractivity contribution is 7.80. The molecule has 0 spiro atoms. The van der Waals surface area contributed by atoms with Gasteiger partial charge < -0.3 is 14.8 Å². The van der Waals surface area contributed by atoms with Gasteiger partial charge in [0, 0.05) is 16.5 Å². The number of amides is 2. The molecule has 0 aliphatic carbocycles. The van der Waals surface area contributed by atoms with Crippen molar-refractivity contribution in [3.8, 4) is 11.5 Å². The number of halogens is 4. The number of benzene rings is 2. The second kappa shape index (κ2) is 12.9. The normalized spacial score (nSPS) is 11.3. The van der Waals surface area contributed by atoms with E-state index in [1.807, 2.05) is 0 Å². The first-order chi connectivity index (χ1) is 15.2. The summed E-state index contributed by atoms with van der Waals surface area (Å²) < 4.78 is 11.0. The third-order valence-electron chi connectivity index (χ3n) is 3.82. The van der Waals surface area contributed by atoms with Crippen LogP contribution in [0.4, 0.5) is 0 Å². The fraction of sp³-hybridized carbons (Fsp3) is 0.250. The number of hydrazine groups is 1. The molecule has 1 atom stereocenters. The van der Waals surface area contributed by atoms with Crippen LogP contribution in [-0.2, 0) is 9.59 Å². The molecule has 0 aliphatic rings. The van der Waals surface area contributed by atoms with Gasteiger partial charge in [-0.25, -0.2) is 0 Å². The van der Waals surface area contributed by atoms with E-state index in [1.165, 1.54) is 13.0 Å². The third kappa shape index (κ3) is 8.88. The van der Waals surface area contributed by atoms with E-state index in [1.54, 1.807) is 30.3 Å². The Kier molecular flexibility index (Phi) is 10.6. The molecule has 32 heavy (non-hydrogen) atoms. The van der Waals surface area contributed by atoms with Crippen LogP contribution < -0.4 is 25.6 Å². The monoisotopic (exact) mass is 537 g/mol. The predicted octanol–water partition coefficient (Wildman–Crippen LogP) is 4.95. The molecular weight excluding hydrogens is 520 g/mol. The van der Waals surface area contributed by atoms with Crippen LogP contribution in [0.3, 0.4) is 0 Å². The van der Waals surface area contributed by atoms with Crippen molar-refractivity contribution in [3.63, 3.8) is 0 Å². The number of carbonyl (C=O) groups excluding carboxylic acids is 2. The number of hydrogen-bond acceptors (Lipinski definition) is 5. The minimum Gasteiger partial charge on any atom is -0.492 e. The van der Waals surface area contributed by atoms with Crippen LogP contribution in [0, 0.1) is 0 Å². The summed E-state index contributed by atoms with van der Waals surface area (Å²) in [5, 5.41) is 3.99. The first-order valence-electron chi connectivity index (χ1n) is 9.25. The summed E-state index contributed by atoms with van der Waals surface area (Å²) in [5.41, 5.74) is 4.79. The summed E-state index contributed by atoms with van der Waals surface area (Å²) >= 11 is 28.7. The lowest BCUT2D eigenvalue weighted by Gasteiger charge is -2.17. The van der Waals surface area contributed by atoms with E-state index in [0.717, 1.165) is 0 Å². The van der Waals surface area contributed by atoms with Crippen LogP contribution in [0.15, 0.2) is 36.4 Å². The quantitative estimate of drug-likeness (QED) is 0.250. The molecule has 0 saturated heterocycles. The number of carbonyl (C=O) groups is 2. The smallest absolute Gasteiger partial charge is 0.279 e. The average molecular weight is 539 g/mol. The molecule has 2 aromatic rings. The van der Waals surface area contributed by atoms with Gasteiger partial charge in [0.2, 0.25) is 5.91 Å². The number of thiocarbonyl (C=S) groups is 1. The maximum Gasteiger partial charge on any atom is 0.279 e. The van der Waals surface area contributed by atoms with Crippen LogP contribution in [-0.4, -0.2) is 29.6 Å². The molecule has 0 heterocycles. The largest absolute Gasteiger partial charge is 0.492 e.